The lowest BCUT2D eigenvalue weighted by Crippen LogP contribution is -2.39. The van der Waals surface area contributed by atoms with Crippen LogP contribution in [0.25, 0.3) is 32.7 Å². The Morgan fingerprint density at radius 3 is 1.02 bits per heavy atom. The molecule has 1 aliphatic carbocycles. The molecule has 121 heavy (non-hydrogen) atoms. The van der Waals surface area contributed by atoms with E-state index in [0.717, 1.165) is 103 Å². The second-order valence-electron chi connectivity index (χ2n) is 29.2. The lowest BCUT2D eigenvalue weighted by molar-refractivity contribution is -0.125. The molecule has 0 radical (unpaired) electrons. The van der Waals surface area contributed by atoms with Crippen LogP contribution >= 0.6 is 34.8 Å². The molecule has 4 amide bonds. The summed E-state index contributed by atoms with van der Waals surface area (Å²) < 4.78 is 159. The van der Waals surface area contributed by atoms with Gasteiger partial charge in [0.1, 0.15) is 40.1 Å². The van der Waals surface area contributed by atoms with Crippen molar-refractivity contribution in [2.75, 3.05) is 63.8 Å². The molecule has 3 heterocycles. The zero-order valence-electron chi connectivity index (χ0n) is 67.8. The van der Waals surface area contributed by atoms with E-state index < -0.39 is 92.4 Å². The topological polar surface area (TPSA) is 395 Å². The van der Waals surface area contributed by atoms with Crippen molar-refractivity contribution >= 4 is 141 Å². The van der Waals surface area contributed by atoms with E-state index in [1.807, 2.05) is 139 Å². The summed E-state index contributed by atoms with van der Waals surface area (Å²) in [7, 11) is -18.7. The van der Waals surface area contributed by atoms with Gasteiger partial charge in [-0.05, 0) is 234 Å². The van der Waals surface area contributed by atoms with Gasteiger partial charge < -0.3 is 39.2 Å². The normalized spacial score (nSPS) is 12.7. The number of nitrogens with one attached hydrogen (secondary N) is 9. The smallest absolute Gasteiger partial charge is 0.281 e. The van der Waals surface area contributed by atoms with Gasteiger partial charge in [0.05, 0.1) is 54.0 Å². The van der Waals surface area contributed by atoms with Crippen LogP contribution in [0.3, 0.4) is 0 Å². The number of H-pyrrole nitrogens is 3. The first kappa shape index (κ1) is 93.3. The number of ether oxygens (including phenoxy) is 4. The van der Waals surface area contributed by atoms with Crippen LogP contribution in [0, 0.1) is 47.5 Å². The van der Waals surface area contributed by atoms with Crippen LogP contribution in [0.2, 0.25) is 15.1 Å². The van der Waals surface area contributed by atoms with Crippen molar-refractivity contribution in [3.63, 3.8) is 0 Å². The molecule has 0 unspecified atom stereocenters. The van der Waals surface area contributed by atoms with Gasteiger partial charge in [0.2, 0.25) is 56.0 Å². The molecule has 27 nitrogen and oxygen atoms in total. The van der Waals surface area contributed by atoms with Crippen LogP contribution in [-0.4, -0.2) is 144 Å². The highest BCUT2D eigenvalue weighted by molar-refractivity contribution is 7.91. The van der Waals surface area contributed by atoms with Crippen LogP contribution < -0.4 is 47.9 Å². The third-order valence-corrected chi connectivity index (χ3v) is 28.5. The lowest BCUT2D eigenvalue weighted by atomic mass is 9.89. The molecule has 0 spiro atoms. The van der Waals surface area contributed by atoms with Gasteiger partial charge in [-0.1, -0.05) is 127 Å². The first-order chi connectivity index (χ1) is 57.5. The van der Waals surface area contributed by atoms with E-state index in [0.29, 0.717) is 108 Å². The quantitative estimate of drug-likeness (QED) is 0.0165. The average Bonchev–Trinajstić information content (AvgIpc) is 1.65. The number of amides is 4. The van der Waals surface area contributed by atoms with Crippen molar-refractivity contribution < 1.29 is 80.2 Å². The minimum atomic E-state index is -4.17. The van der Waals surface area contributed by atoms with Crippen molar-refractivity contribution in [1.29, 1.82) is 0 Å². The second kappa shape index (κ2) is 42.2. The molecule has 0 aliphatic heterocycles. The van der Waals surface area contributed by atoms with E-state index in [1.165, 1.54) is 43.5 Å². The number of hydrogen-bond donors (Lipinski definition) is 9. The molecule has 0 atom stereocenters. The van der Waals surface area contributed by atoms with Crippen LogP contribution in [-0.2, 0) is 74.2 Å². The van der Waals surface area contributed by atoms with Gasteiger partial charge in [-0.25, -0.2) is 65.7 Å². The predicted octanol–water partition coefficient (Wildman–Crippen LogP) is 14.2. The maximum atomic E-state index is 13.1. The summed E-state index contributed by atoms with van der Waals surface area (Å²) in [5, 5.41) is 7.29. The van der Waals surface area contributed by atoms with E-state index in [4.69, 9.17) is 53.8 Å². The first-order valence-corrected chi connectivity index (χ1v) is 48.1. The van der Waals surface area contributed by atoms with Crippen molar-refractivity contribution in [2.45, 2.75) is 122 Å². The minimum Gasteiger partial charge on any atom is -0.497 e. The number of aromatic amines is 3. The number of sulfonamides is 5. The molecule has 1 fully saturated rings. The lowest BCUT2D eigenvalue weighted by Gasteiger charge is -2.20. The molecule has 35 heteroatoms. The van der Waals surface area contributed by atoms with Gasteiger partial charge >= 0.3 is 0 Å². The molecular formula is C86H98Cl3N9O18S5. The number of benzene rings is 8. The number of rotatable bonds is 36. The van der Waals surface area contributed by atoms with Crippen molar-refractivity contribution in [2.24, 2.45) is 5.92 Å². The Kier molecular flexibility index (Phi) is 32.5. The molecule has 1 aliphatic rings. The monoisotopic (exact) mass is 1810 g/mol. The number of fused-ring (bicyclic) bond motifs is 3. The van der Waals surface area contributed by atoms with E-state index in [-0.39, 0.29) is 51.0 Å². The number of halogens is 3. The van der Waals surface area contributed by atoms with Gasteiger partial charge in [0.25, 0.3) is 17.7 Å². The molecule has 646 valence electrons. The summed E-state index contributed by atoms with van der Waals surface area (Å²) in [6.07, 6.45) is 7.99. The van der Waals surface area contributed by atoms with Crippen molar-refractivity contribution in [3.05, 3.63) is 246 Å². The highest BCUT2D eigenvalue weighted by atomic mass is 35.5. The Morgan fingerprint density at radius 1 is 0.388 bits per heavy atom. The van der Waals surface area contributed by atoms with Crippen LogP contribution in [0.4, 0.5) is 0 Å². The third-order valence-electron chi connectivity index (χ3n) is 20.0. The fourth-order valence-corrected chi connectivity index (χ4v) is 19.2. The average molecular weight is 1810 g/mol. The number of carbonyl (C=O) groups excluding carboxylic acids is 4. The first-order valence-electron chi connectivity index (χ1n) is 39.1. The molecule has 0 bridgehead atoms. The zero-order chi connectivity index (χ0) is 87.4. The molecule has 1 saturated carbocycles. The summed E-state index contributed by atoms with van der Waals surface area (Å²) >= 11 is 18.7. The van der Waals surface area contributed by atoms with Gasteiger partial charge in [0, 0.05) is 73.3 Å². The zero-order valence-corrected chi connectivity index (χ0v) is 74.2. The predicted molar refractivity (Wildman–Crippen MR) is 472 cm³/mol. The maximum Gasteiger partial charge on any atom is 0.281 e. The van der Waals surface area contributed by atoms with E-state index in [2.05, 4.69) is 43.9 Å². The summed E-state index contributed by atoms with van der Waals surface area (Å²) in [6.45, 7) is 11.8. The van der Waals surface area contributed by atoms with Gasteiger partial charge in [-0.15, -0.1) is 0 Å². The number of methoxy groups -OCH3 is 1. The summed E-state index contributed by atoms with van der Waals surface area (Å²) in [6, 6.07) is 46.6. The fourth-order valence-electron chi connectivity index (χ4n) is 13.9. The fraction of sp³-hybridized carbons (Fsp3) is 0.326. The Hall–Kier alpha value is -10.0. The minimum absolute atomic E-state index is 0.0180. The second-order valence-corrected chi connectivity index (χ2v) is 39.4. The molecule has 12 rings (SSSR count). The number of para-hydroxylation sites is 3. The Labute approximate surface area is 720 Å². The van der Waals surface area contributed by atoms with E-state index in [1.54, 1.807) is 30.3 Å². The van der Waals surface area contributed by atoms with E-state index in [9.17, 15) is 61.3 Å². The van der Waals surface area contributed by atoms with Crippen molar-refractivity contribution in [1.82, 2.24) is 43.9 Å². The molecule has 3 aromatic heterocycles. The summed E-state index contributed by atoms with van der Waals surface area (Å²) in [5.41, 5.74) is 10.2. The highest BCUT2D eigenvalue weighted by Crippen LogP contribution is 2.33. The van der Waals surface area contributed by atoms with Crippen molar-refractivity contribution in [3.8, 4) is 23.0 Å². The number of hydrogen-bond acceptors (Lipinski definition) is 18. The van der Waals surface area contributed by atoms with Crippen LogP contribution in [0.1, 0.15) is 133 Å². The molecule has 11 aromatic rings. The maximum absolute atomic E-state index is 13.1. The molecule has 9 N–H and O–H groups in total. The van der Waals surface area contributed by atoms with Gasteiger partial charge in [-0.2, -0.15) is 0 Å². The highest BCUT2D eigenvalue weighted by Gasteiger charge is 2.29. The van der Waals surface area contributed by atoms with Crippen LogP contribution in [0.15, 0.2) is 174 Å². The molecule has 0 saturated heterocycles. The number of carbonyl (C=O) groups is 4. The van der Waals surface area contributed by atoms with E-state index >= 15 is 0 Å². The number of aryl methyl sites for hydroxylation is 9. The largest absolute Gasteiger partial charge is 0.497 e. The SMILES string of the molecule is COc1ccc(S(=O)(=O)NCCS(=O)(=O)NC(=O)c2[nH]c3ccccc3c2CCCOc2cc(C)c(Cl)c(C)c2)cc1.Cc1cc(OCCCc2c(C(=O)NS(=O)(=O)CCNC(=O)C3CCCCC3)[nH]c3ccccc23)cc(C)c1Cl.Cc1cc(OCCCc2c(C(=O)NS(=O)(=O)CCNS(=O)(=O)c3ccccc3)[nH]c3ccccc23)cc(C)c1Cl. The van der Waals surface area contributed by atoms with Gasteiger partial charge in [-0.3, -0.25) is 19.2 Å². The van der Waals surface area contributed by atoms with Gasteiger partial charge in [0.15, 0.2) is 0 Å². The van der Waals surface area contributed by atoms with Crippen LogP contribution in [0.5, 0.6) is 23.0 Å². The molecular weight excluding hydrogens is 1710 g/mol. The summed E-state index contributed by atoms with van der Waals surface area (Å²) in [4.78, 5) is 60.8. The third kappa shape index (κ3) is 26.0. The number of aromatic nitrogens is 3. The Morgan fingerprint density at radius 2 is 0.694 bits per heavy atom. The standard InChI is InChI=1S/C29H32ClN3O7S2.C29H36ClN3O5S.C28H30ClN3O6S2/c1-19-17-22(18-20(2)27(19)30)40-15-6-8-25-24-7-4-5-9-26(24)32-28(25)29(34)33-41(35,36)16-14-31-42(37,38)23-12-10-21(39-3)11-13-23;1-19-17-22(18-20(2)26(19)30)38-15-8-12-24-23-11-6-7-13-25(23)32-27(24)29(35)33-39(36,37)16-14-31-28(34)21-9-4-3-5-10-21;1-19-17-21(18-20(2)26(19)29)38-15-8-12-24-23-11-6-7-13-25(23)31-27(24)28(33)32-39(34,35)16-14-30-40(36,37)22-9-4-3-5-10-22/h4-5,7,9-13,17-18,31-32H,6,8,14-16H2,1-3H3,(H,33,34);6-7,11,13,17-18,21,32H,3-5,8-10,12,14-16H2,1-2H3,(H,31,34)(H,33,35);3-7,9-11,13,17-18,30-31H,8,12,14-16H2,1-2H3,(H,32,33). The molecule has 8 aromatic carbocycles. The Balaban J connectivity index is 0.000000191. The summed E-state index contributed by atoms with van der Waals surface area (Å²) in [5.74, 6) is -1.56. The Bertz CT molecular complexity index is 6090.